The molecule has 3 heterocycles. The number of pyridine rings is 1. The van der Waals surface area contributed by atoms with E-state index in [-0.39, 0.29) is 5.91 Å². The number of nitrogens with one attached hydrogen (secondary N) is 1. The number of anilines is 1. The fourth-order valence-electron chi connectivity index (χ4n) is 5.57. The highest BCUT2D eigenvalue weighted by Gasteiger charge is 2.28. The van der Waals surface area contributed by atoms with E-state index in [1.165, 1.54) is 25.7 Å². The topological polar surface area (TPSA) is 74.2 Å². The first kappa shape index (κ1) is 25.9. The number of hydrogen-bond acceptors (Lipinski definition) is 6. The molecule has 196 valence electrons. The zero-order valence-electron chi connectivity index (χ0n) is 22.6. The van der Waals surface area contributed by atoms with Gasteiger partial charge in [-0.3, -0.25) is 9.69 Å². The molecule has 1 aliphatic carbocycles. The molecule has 1 saturated heterocycles. The van der Waals surface area contributed by atoms with E-state index in [0.717, 1.165) is 83.7 Å². The van der Waals surface area contributed by atoms with E-state index in [1.54, 1.807) is 12.5 Å². The van der Waals surface area contributed by atoms with E-state index in [1.807, 2.05) is 43.1 Å². The molecule has 3 aromatic rings. The Morgan fingerprint density at radius 2 is 1.82 bits per heavy atom. The van der Waals surface area contributed by atoms with Gasteiger partial charge in [0.1, 0.15) is 12.1 Å². The summed E-state index contributed by atoms with van der Waals surface area (Å²) in [6.45, 7) is 7.62. The van der Waals surface area contributed by atoms with Crippen LogP contribution in [0.5, 0.6) is 0 Å². The quantitative estimate of drug-likeness (QED) is 0.510. The molecule has 1 saturated carbocycles. The Morgan fingerprint density at radius 3 is 2.47 bits per heavy atom. The van der Waals surface area contributed by atoms with Gasteiger partial charge in [-0.05, 0) is 56.0 Å². The summed E-state index contributed by atoms with van der Waals surface area (Å²) in [7, 11) is 1.84. The van der Waals surface area contributed by atoms with Crippen LogP contribution < -0.4 is 5.32 Å². The zero-order chi connectivity index (χ0) is 26.5. The van der Waals surface area contributed by atoms with Crippen molar-refractivity contribution in [3.8, 4) is 23.1 Å². The van der Waals surface area contributed by atoms with Crippen molar-refractivity contribution in [3.63, 3.8) is 0 Å². The summed E-state index contributed by atoms with van der Waals surface area (Å²) >= 11 is 0. The minimum Gasteiger partial charge on any atom is -0.373 e. The number of rotatable bonds is 5. The second-order valence-corrected chi connectivity index (χ2v) is 10.1. The number of hydrogen-bond donors (Lipinski definition) is 1. The van der Waals surface area contributed by atoms with E-state index < -0.39 is 0 Å². The number of carbonyl (C=O) groups is 1. The Kier molecular flexibility index (Phi) is 8.00. The number of benzene rings is 1. The van der Waals surface area contributed by atoms with Crippen molar-refractivity contribution in [1.29, 1.82) is 0 Å². The molecule has 7 heteroatoms. The monoisotopic (exact) mass is 508 g/mol. The predicted molar refractivity (Wildman–Crippen MR) is 151 cm³/mol. The second kappa shape index (κ2) is 11.7. The SMILES string of the molecule is CCc1ncnc(-c2ccc(C(=O)N3CCN(C4CCCC4)CC3)c(C)c2)c1C#Cc1ccc(NC)nc1. The number of amides is 1. The maximum absolute atomic E-state index is 13.4. The van der Waals surface area contributed by atoms with Crippen LogP contribution in [0.15, 0.2) is 42.9 Å². The van der Waals surface area contributed by atoms with Gasteiger partial charge in [-0.25, -0.2) is 15.0 Å². The molecule has 0 spiro atoms. The van der Waals surface area contributed by atoms with Gasteiger partial charge in [0, 0.05) is 62.2 Å². The lowest BCUT2D eigenvalue weighted by Crippen LogP contribution is -2.51. The van der Waals surface area contributed by atoms with E-state index in [4.69, 9.17) is 0 Å². The van der Waals surface area contributed by atoms with Crippen molar-refractivity contribution in [2.75, 3.05) is 38.5 Å². The average molecular weight is 509 g/mol. The fraction of sp³-hybridized carbons (Fsp3) is 0.419. The molecule has 1 amide bonds. The van der Waals surface area contributed by atoms with Gasteiger partial charge in [0.25, 0.3) is 5.91 Å². The number of carbonyl (C=O) groups excluding carboxylic acids is 1. The minimum atomic E-state index is 0.120. The Hall–Kier alpha value is -3.76. The van der Waals surface area contributed by atoms with Gasteiger partial charge < -0.3 is 10.2 Å². The average Bonchev–Trinajstić information content (AvgIpc) is 3.51. The highest BCUT2D eigenvalue weighted by atomic mass is 16.2. The van der Waals surface area contributed by atoms with Gasteiger partial charge >= 0.3 is 0 Å². The Labute approximate surface area is 225 Å². The van der Waals surface area contributed by atoms with Crippen LogP contribution >= 0.6 is 0 Å². The van der Waals surface area contributed by atoms with Crippen LogP contribution in [0.25, 0.3) is 11.3 Å². The molecule has 1 N–H and O–H groups in total. The summed E-state index contributed by atoms with van der Waals surface area (Å²) in [5, 5.41) is 3.02. The maximum atomic E-state index is 13.4. The van der Waals surface area contributed by atoms with Crippen LogP contribution in [-0.2, 0) is 6.42 Å². The molecule has 0 bridgehead atoms. The first-order valence-corrected chi connectivity index (χ1v) is 13.7. The lowest BCUT2D eigenvalue weighted by atomic mass is 9.98. The van der Waals surface area contributed by atoms with E-state index >= 15 is 0 Å². The minimum absolute atomic E-state index is 0.120. The number of aromatic nitrogens is 3. The van der Waals surface area contributed by atoms with E-state index in [9.17, 15) is 4.79 Å². The van der Waals surface area contributed by atoms with Crippen molar-refractivity contribution in [3.05, 3.63) is 70.8 Å². The van der Waals surface area contributed by atoms with Gasteiger partial charge in [-0.1, -0.05) is 37.7 Å². The maximum Gasteiger partial charge on any atom is 0.254 e. The number of aryl methyl sites for hydroxylation is 2. The third-order valence-corrected chi connectivity index (χ3v) is 7.78. The van der Waals surface area contributed by atoms with Crippen molar-refractivity contribution < 1.29 is 4.79 Å². The molecule has 2 fully saturated rings. The van der Waals surface area contributed by atoms with Crippen molar-refractivity contribution in [2.45, 2.75) is 52.0 Å². The van der Waals surface area contributed by atoms with Crippen LogP contribution in [0.1, 0.15) is 65.3 Å². The lowest BCUT2D eigenvalue weighted by Gasteiger charge is -2.38. The number of nitrogens with zero attached hydrogens (tertiary/aromatic N) is 5. The highest BCUT2D eigenvalue weighted by Crippen LogP contribution is 2.27. The molecule has 38 heavy (non-hydrogen) atoms. The summed E-state index contributed by atoms with van der Waals surface area (Å²) < 4.78 is 0. The lowest BCUT2D eigenvalue weighted by molar-refractivity contribution is 0.0572. The summed E-state index contributed by atoms with van der Waals surface area (Å²) in [6.07, 6.45) is 9.41. The Balaban J connectivity index is 1.36. The van der Waals surface area contributed by atoms with Gasteiger partial charge in [-0.15, -0.1) is 0 Å². The Morgan fingerprint density at radius 1 is 1.03 bits per heavy atom. The molecule has 0 atom stereocenters. The van der Waals surface area contributed by atoms with E-state index in [2.05, 4.69) is 50.0 Å². The second-order valence-electron chi connectivity index (χ2n) is 10.1. The zero-order valence-corrected chi connectivity index (χ0v) is 22.6. The molecule has 1 aliphatic heterocycles. The molecule has 5 rings (SSSR count). The van der Waals surface area contributed by atoms with Gasteiger partial charge in [0.15, 0.2) is 0 Å². The third-order valence-electron chi connectivity index (χ3n) is 7.78. The van der Waals surface area contributed by atoms with E-state index in [0.29, 0.717) is 0 Å². The van der Waals surface area contributed by atoms with Gasteiger partial charge in [-0.2, -0.15) is 0 Å². The summed E-state index contributed by atoms with van der Waals surface area (Å²) in [5.74, 6) is 7.45. The van der Waals surface area contributed by atoms with Crippen LogP contribution in [0.2, 0.25) is 0 Å². The normalized spacial score (nSPS) is 16.2. The largest absolute Gasteiger partial charge is 0.373 e. The molecular weight excluding hydrogens is 472 g/mol. The molecule has 1 aromatic carbocycles. The van der Waals surface area contributed by atoms with Crippen molar-refractivity contribution >= 4 is 11.7 Å². The third kappa shape index (κ3) is 5.56. The molecule has 2 aromatic heterocycles. The van der Waals surface area contributed by atoms with Crippen molar-refractivity contribution in [2.24, 2.45) is 0 Å². The molecule has 2 aliphatic rings. The van der Waals surface area contributed by atoms with Crippen molar-refractivity contribution in [1.82, 2.24) is 24.8 Å². The molecule has 0 unspecified atom stereocenters. The van der Waals surface area contributed by atoms with Crippen LogP contribution in [0.3, 0.4) is 0 Å². The highest BCUT2D eigenvalue weighted by molar-refractivity contribution is 5.96. The molecule has 0 radical (unpaired) electrons. The fourth-order valence-corrected chi connectivity index (χ4v) is 5.57. The summed E-state index contributed by atoms with van der Waals surface area (Å²) in [6, 6.07) is 10.6. The smallest absolute Gasteiger partial charge is 0.254 e. The van der Waals surface area contributed by atoms with Crippen LogP contribution in [0, 0.1) is 18.8 Å². The predicted octanol–water partition coefficient (Wildman–Crippen LogP) is 4.55. The first-order valence-electron chi connectivity index (χ1n) is 13.7. The van der Waals surface area contributed by atoms with Crippen LogP contribution in [0.4, 0.5) is 5.82 Å². The molecular formula is C31H36N6O. The summed E-state index contributed by atoms with van der Waals surface area (Å²) in [4.78, 5) is 31.5. The number of piperazine rings is 1. The van der Waals surface area contributed by atoms with Crippen LogP contribution in [-0.4, -0.2) is 69.9 Å². The van der Waals surface area contributed by atoms with Gasteiger partial charge in [0.2, 0.25) is 0 Å². The van der Waals surface area contributed by atoms with Gasteiger partial charge in [0.05, 0.1) is 17.0 Å². The Bertz CT molecular complexity index is 1340. The summed E-state index contributed by atoms with van der Waals surface area (Å²) in [5.41, 5.74) is 5.98. The first-order chi connectivity index (χ1) is 18.6. The molecule has 7 nitrogen and oxygen atoms in total. The standard InChI is InChI=1S/C31H36N6O/c1-4-28-27(12-9-23-10-14-29(32-3)33-20-23)30(35-21-34-28)24-11-13-26(22(2)19-24)31(38)37-17-15-36(16-18-37)25-7-5-6-8-25/h10-11,13-14,19-21,25H,4-8,15-18H2,1-3H3,(H,32,33).